The molecule has 2 aromatic rings. The van der Waals surface area contributed by atoms with Crippen LogP contribution in [0.25, 0.3) is 0 Å². The van der Waals surface area contributed by atoms with Crippen LogP contribution >= 0.6 is 22.9 Å². The number of nitrogens with zero attached hydrogens (tertiary/aromatic N) is 2. The number of benzene rings is 1. The van der Waals surface area contributed by atoms with Crippen molar-refractivity contribution >= 4 is 40.6 Å². The number of amides is 3. The zero-order valence-corrected chi connectivity index (χ0v) is 16.7. The molecule has 140 valence electrons. The van der Waals surface area contributed by atoms with Crippen molar-refractivity contribution in [1.29, 1.82) is 0 Å². The van der Waals surface area contributed by atoms with Gasteiger partial charge < -0.3 is 15.5 Å². The van der Waals surface area contributed by atoms with Crippen LogP contribution in [0.3, 0.4) is 0 Å². The van der Waals surface area contributed by atoms with Crippen molar-refractivity contribution in [2.24, 2.45) is 0 Å². The number of carbonyl (C=O) groups is 2. The minimum atomic E-state index is -0.227. The van der Waals surface area contributed by atoms with Gasteiger partial charge in [0.05, 0.1) is 6.54 Å². The van der Waals surface area contributed by atoms with E-state index in [1.165, 1.54) is 11.3 Å². The van der Waals surface area contributed by atoms with E-state index in [0.717, 1.165) is 6.42 Å². The maximum Gasteiger partial charge on any atom is 0.322 e. The molecule has 26 heavy (non-hydrogen) atoms. The summed E-state index contributed by atoms with van der Waals surface area (Å²) in [6, 6.07) is 6.69. The molecule has 0 bridgehead atoms. The van der Waals surface area contributed by atoms with Gasteiger partial charge in [-0.1, -0.05) is 18.5 Å². The quantitative estimate of drug-likeness (QED) is 0.731. The van der Waals surface area contributed by atoms with Gasteiger partial charge >= 0.3 is 6.03 Å². The number of hydrogen-bond donors (Lipinski definition) is 2. The molecule has 1 aromatic heterocycles. The van der Waals surface area contributed by atoms with Crippen LogP contribution in [0.2, 0.25) is 5.02 Å². The molecule has 0 aliphatic heterocycles. The Morgan fingerprint density at radius 1 is 1.27 bits per heavy atom. The summed E-state index contributed by atoms with van der Waals surface area (Å²) < 4.78 is 0. The standard InChI is InChI=1S/C18H23ClN4O2S/c1-4-9-20-17(24)15-11-26-16(22-15)10-23(12(2)3)18(25)21-14-7-5-13(19)6-8-14/h5-8,11-12H,4,9-10H2,1-3H3,(H,20,24)(H,21,25). The van der Waals surface area contributed by atoms with E-state index >= 15 is 0 Å². The van der Waals surface area contributed by atoms with Gasteiger partial charge in [-0.05, 0) is 44.5 Å². The second-order valence-corrected chi connectivity index (χ2v) is 7.42. The zero-order chi connectivity index (χ0) is 19.1. The molecule has 1 heterocycles. The van der Waals surface area contributed by atoms with E-state index in [1.54, 1.807) is 34.5 Å². The highest BCUT2D eigenvalue weighted by atomic mass is 35.5. The number of carbonyl (C=O) groups excluding carboxylic acids is 2. The highest BCUT2D eigenvalue weighted by Crippen LogP contribution is 2.17. The van der Waals surface area contributed by atoms with Gasteiger partial charge in [-0.25, -0.2) is 9.78 Å². The summed E-state index contributed by atoms with van der Waals surface area (Å²) in [4.78, 5) is 30.6. The van der Waals surface area contributed by atoms with Crippen LogP contribution < -0.4 is 10.6 Å². The Morgan fingerprint density at radius 2 is 1.96 bits per heavy atom. The highest BCUT2D eigenvalue weighted by molar-refractivity contribution is 7.09. The van der Waals surface area contributed by atoms with Crippen LogP contribution in [-0.4, -0.2) is 34.4 Å². The first kappa shape index (κ1) is 20.2. The first-order valence-electron chi connectivity index (χ1n) is 8.46. The molecule has 0 atom stereocenters. The number of aromatic nitrogens is 1. The van der Waals surface area contributed by atoms with Crippen LogP contribution in [-0.2, 0) is 6.54 Å². The van der Waals surface area contributed by atoms with E-state index in [4.69, 9.17) is 11.6 Å². The lowest BCUT2D eigenvalue weighted by molar-refractivity contribution is 0.0949. The molecule has 0 fully saturated rings. The lowest BCUT2D eigenvalue weighted by atomic mass is 10.3. The summed E-state index contributed by atoms with van der Waals surface area (Å²) in [7, 11) is 0. The monoisotopic (exact) mass is 394 g/mol. The first-order valence-corrected chi connectivity index (χ1v) is 9.72. The topological polar surface area (TPSA) is 74.3 Å². The van der Waals surface area contributed by atoms with Crippen molar-refractivity contribution in [2.75, 3.05) is 11.9 Å². The summed E-state index contributed by atoms with van der Waals surface area (Å²) in [6.07, 6.45) is 0.870. The fourth-order valence-electron chi connectivity index (χ4n) is 2.18. The Kier molecular flexibility index (Phi) is 7.41. The Balaban J connectivity index is 2.03. The van der Waals surface area contributed by atoms with Crippen LogP contribution in [0.1, 0.15) is 42.7 Å². The number of halogens is 1. The molecule has 8 heteroatoms. The molecule has 1 aromatic carbocycles. The number of urea groups is 1. The van der Waals surface area contributed by atoms with Gasteiger partial charge in [0.15, 0.2) is 0 Å². The molecule has 6 nitrogen and oxygen atoms in total. The van der Waals surface area contributed by atoms with Gasteiger partial charge in [0.1, 0.15) is 10.7 Å². The van der Waals surface area contributed by atoms with Crippen molar-refractivity contribution in [3.05, 3.63) is 45.4 Å². The van der Waals surface area contributed by atoms with Crippen LogP contribution in [0, 0.1) is 0 Å². The lowest BCUT2D eigenvalue weighted by Crippen LogP contribution is -2.39. The number of hydrogen-bond acceptors (Lipinski definition) is 4. The van der Waals surface area contributed by atoms with Gasteiger partial charge in [-0.2, -0.15) is 0 Å². The second kappa shape index (κ2) is 9.54. The number of thiazole rings is 1. The maximum atomic E-state index is 12.6. The molecule has 0 unspecified atom stereocenters. The summed E-state index contributed by atoms with van der Waals surface area (Å²) in [6.45, 7) is 6.82. The molecule has 0 aliphatic rings. The number of rotatable bonds is 7. The average molecular weight is 395 g/mol. The third kappa shape index (κ3) is 5.71. The third-order valence-corrected chi connectivity index (χ3v) is 4.69. The molecule has 0 saturated carbocycles. The summed E-state index contributed by atoms with van der Waals surface area (Å²) in [5.41, 5.74) is 1.06. The number of anilines is 1. The second-order valence-electron chi connectivity index (χ2n) is 6.04. The fraction of sp³-hybridized carbons (Fsp3) is 0.389. The third-order valence-electron chi connectivity index (χ3n) is 3.61. The average Bonchev–Trinajstić information content (AvgIpc) is 3.08. The van der Waals surface area contributed by atoms with Crippen molar-refractivity contribution < 1.29 is 9.59 Å². The van der Waals surface area contributed by atoms with E-state index in [2.05, 4.69) is 15.6 Å². The molecule has 0 aliphatic carbocycles. The van der Waals surface area contributed by atoms with Crippen molar-refractivity contribution in [3.63, 3.8) is 0 Å². The maximum absolute atomic E-state index is 12.6. The Morgan fingerprint density at radius 3 is 2.58 bits per heavy atom. The van der Waals surface area contributed by atoms with Gasteiger partial charge in [-0.15, -0.1) is 11.3 Å². The SMILES string of the molecule is CCCNC(=O)c1csc(CN(C(=O)Nc2ccc(Cl)cc2)C(C)C)n1. The largest absolute Gasteiger partial charge is 0.351 e. The first-order chi connectivity index (χ1) is 12.4. The molecular weight excluding hydrogens is 372 g/mol. The van der Waals surface area contributed by atoms with Crippen LogP contribution in [0.5, 0.6) is 0 Å². The predicted molar refractivity (Wildman–Crippen MR) is 106 cm³/mol. The molecule has 2 rings (SSSR count). The van der Waals surface area contributed by atoms with Crippen molar-refractivity contribution in [1.82, 2.24) is 15.2 Å². The molecule has 2 N–H and O–H groups in total. The predicted octanol–water partition coefficient (Wildman–Crippen LogP) is 4.38. The normalized spacial score (nSPS) is 10.7. The lowest BCUT2D eigenvalue weighted by Gasteiger charge is -2.26. The van der Waals surface area contributed by atoms with Crippen molar-refractivity contribution in [3.8, 4) is 0 Å². The van der Waals surface area contributed by atoms with Crippen LogP contribution in [0.15, 0.2) is 29.6 Å². The smallest absolute Gasteiger partial charge is 0.322 e. The Hall–Kier alpha value is -2.12. The number of nitrogens with one attached hydrogen (secondary N) is 2. The van der Waals surface area contributed by atoms with E-state index in [9.17, 15) is 9.59 Å². The Bertz CT molecular complexity index is 746. The fourth-order valence-corrected chi connectivity index (χ4v) is 3.08. The minimum absolute atomic E-state index is 0.0245. The zero-order valence-electron chi connectivity index (χ0n) is 15.1. The van der Waals surface area contributed by atoms with Crippen molar-refractivity contribution in [2.45, 2.75) is 39.8 Å². The Labute approximate surface area is 162 Å². The van der Waals surface area contributed by atoms with Gasteiger partial charge in [-0.3, -0.25) is 4.79 Å². The summed E-state index contributed by atoms with van der Waals surface area (Å²) in [5.74, 6) is -0.184. The van der Waals surface area contributed by atoms with Gasteiger partial charge in [0.25, 0.3) is 5.91 Å². The molecule has 0 saturated heterocycles. The minimum Gasteiger partial charge on any atom is -0.351 e. The van der Waals surface area contributed by atoms with E-state index < -0.39 is 0 Å². The summed E-state index contributed by atoms with van der Waals surface area (Å²) >= 11 is 7.24. The van der Waals surface area contributed by atoms with E-state index in [-0.39, 0.29) is 18.0 Å². The van der Waals surface area contributed by atoms with Gasteiger partial charge in [0, 0.05) is 28.7 Å². The van der Waals surface area contributed by atoms with Crippen LogP contribution in [0.4, 0.5) is 10.5 Å². The van der Waals surface area contributed by atoms with Gasteiger partial charge in [0.2, 0.25) is 0 Å². The molecular formula is C18H23ClN4O2S. The molecule has 0 radical (unpaired) electrons. The molecule has 0 spiro atoms. The molecule has 3 amide bonds. The van der Waals surface area contributed by atoms with E-state index in [0.29, 0.717) is 34.5 Å². The van der Waals surface area contributed by atoms with E-state index in [1.807, 2.05) is 20.8 Å². The summed E-state index contributed by atoms with van der Waals surface area (Å²) in [5, 5.41) is 8.70. The highest BCUT2D eigenvalue weighted by Gasteiger charge is 2.20.